The zero-order valence-corrected chi connectivity index (χ0v) is 13.3. The van der Waals surface area contributed by atoms with Crippen molar-refractivity contribution in [3.8, 4) is 0 Å². The normalized spacial score (nSPS) is 25.6. The van der Waals surface area contributed by atoms with E-state index < -0.39 is 15.7 Å². The molecule has 1 spiro atoms. The van der Waals surface area contributed by atoms with Crippen molar-refractivity contribution in [1.29, 1.82) is 0 Å². The molecule has 6 nitrogen and oxygen atoms in total. The van der Waals surface area contributed by atoms with Crippen LogP contribution in [0.5, 0.6) is 0 Å². The van der Waals surface area contributed by atoms with Gasteiger partial charge in [-0.15, -0.1) is 0 Å². The summed E-state index contributed by atoms with van der Waals surface area (Å²) in [6.45, 7) is 6.78. The molecule has 0 aromatic rings. The Kier molecular flexibility index (Phi) is 3.79. The first kappa shape index (κ1) is 15.6. The lowest BCUT2D eigenvalue weighted by molar-refractivity contribution is -0.0349. The molecule has 0 aromatic carbocycles. The number of likely N-dealkylation sites (tertiary alicyclic amines) is 1. The van der Waals surface area contributed by atoms with Crippen LogP contribution in [-0.2, 0) is 19.0 Å². The third-order valence-corrected chi connectivity index (χ3v) is 4.29. The Morgan fingerprint density at radius 2 is 1.90 bits per heavy atom. The Labute approximate surface area is 120 Å². The van der Waals surface area contributed by atoms with Crippen molar-refractivity contribution in [3.63, 3.8) is 0 Å². The number of carbonyl (C=O) groups excluding carboxylic acids is 1. The molecular formula is C13H23NO5S. The van der Waals surface area contributed by atoms with E-state index in [-0.39, 0.29) is 17.6 Å². The average molecular weight is 305 g/mol. The first-order chi connectivity index (χ1) is 8.98. The summed E-state index contributed by atoms with van der Waals surface area (Å²) in [4.78, 5) is 13.5. The van der Waals surface area contributed by atoms with Gasteiger partial charge in [-0.05, 0) is 40.0 Å². The van der Waals surface area contributed by atoms with E-state index in [0.29, 0.717) is 19.5 Å². The minimum absolute atomic E-state index is 0.0201. The second-order valence-electron chi connectivity index (χ2n) is 7.00. The van der Waals surface area contributed by atoms with Gasteiger partial charge >= 0.3 is 6.09 Å². The van der Waals surface area contributed by atoms with E-state index >= 15 is 0 Å². The van der Waals surface area contributed by atoms with Crippen LogP contribution in [0.15, 0.2) is 0 Å². The van der Waals surface area contributed by atoms with Gasteiger partial charge in [0.1, 0.15) is 5.60 Å². The number of hydrogen-bond donors (Lipinski definition) is 0. The van der Waals surface area contributed by atoms with Gasteiger partial charge < -0.3 is 9.64 Å². The predicted molar refractivity (Wildman–Crippen MR) is 73.8 cm³/mol. The van der Waals surface area contributed by atoms with Gasteiger partial charge in [-0.2, -0.15) is 8.42 Å². The highest BCUT2D eigenvalue weighted by Crippen LogP contribution is 2.47. The van der Waals surface area contributed by atoms with Gasteiger partial charge in [-0.3, -0.25) is 4.18 Å². The molecule has 0 radical (unpaired) electrons. The lowest BCUT2D eigenvalue weighted by Crippen LogP contribution is -2.58. The maximum atomic E-state index is 11.9. The second-order valence-corrected chi connectivity index (χ2v) is 8.60. The zero-order valence-electron chi connectivity index (χ0n) is 12.5. The van der Waals surface area contributed by atoms with Gasteiger partial charge in [0.2, 0.25) is 0 Å². The highest BCUT2D eigenvalue weighted by molar-refractivity contribution is 7.86. The fourth-order valence-corrected chi connectivity index (χ4v) is 3.65. The molecule has 1 amide bonds. The maximum Gasteiger partial charge on any atom is 0.410 e. The highest BCUT2D eigenvalue weighted by Gasteiger charge is 2.51. The predicted octanol–water partition coefficient (Wildman–Crippen LogP) is 1.75. The van der Waals surface area contributed by atoms with Crippen LogP contribution < -0.4 is 0 Å². The van der Waals surface area contributed by atoms with E-state index in [9.17, 15) is 13.2 Å². The molecule has 2 fully saturated rings. The molecule has 0 unspecified atom stereocenters. The number of rotatable bonds is 2. The van der Waals surface area contributed by atoms with E-state index in [1.54, 1.807) is 4.90 Å². The van der Waals surface area contributed by atoms with Gasteiger partial charge in [0, 0.05) is 18.5 Å². The fraction of sp³-hybridized carbons (Fsp3) is 0.923. The molecule has 1 saturated heterocycles. The van der Waals surface area contributed by atoms with E-state index in [2.05, 4.69) is 0 Å². The smallest absolute Gasteiger partial charge is 0.410 e. The standard InChI is InChI=1S/C13H23NO5S/c1-12(2,3)18-11(15)14-8-13(9-14)6-5-10(7-13)19-20(4,16)17/h10H,5-9H2,1-4H3/t10-/m0/s1. The molecule has 20 heavy (non-hydrogen) atoms. The largest absolute Gasteiger partial charge is 0.444 e. The molecular weight excluding hydrogens is 282 g/mol. The van der Waals surface area contributed by atoms with Crippen LogP contribution in [-0.4, -0.2) is 50.5 Å². The average Bonchev–Trinajstić information content (AvgIpc) is 2.53. The number of carbonyl (C=O) groups is 1. The molecule has 1 aliphatic heterocycles. The molecule has 2 aliphatic rings. The molecule has 0 bridgehead atoms. The molecule has 0 aromatic heterocycles. The Bertz CT molecular complexity index is 487. The fourth-order valence-electron chi connectivity index (χ4n) is 2.99. The third kappa shape index (κ3) is 3.85. The zero-order chi connectivity index (χ0) is 15.2. The first-order valence-electron chi connectivity index (χ1n) is 6.84. The Balaban J connectivity index is 1.83. The van der Waals surface area contributed by atoms with E-state index in [4.69, 9.17) is 8.92 Å². The molecule has 1 heterocycles. The van der Waals surface area contributed by atoms with Gasteiger partial charge in [-0.25, -0.2) is 4.79 Å². The molecule has 116 valence electrons. The monoisotopic (exact) mass is 305 g/mol. The second kappa shape index (κ2) is 4.87. The summed E-state index contributed by atoms with van der Waals surface area (Å²) in [5.41, 5.74) is -0.469. The van der Waals surface area contributed by atoms with Gasteiger partial charge in [0.25, 0.3) is 10.1 Å². The molecule has 7 heteroatoms. The van der Waals surface area contributed by atoms with Crippen LogP contribution >= 0.6 is 0 Å². The first-order valence-corrected chi connectivity index (χ1v) is 8.66. The summed E-state index contributed by atoms with van der Waals surface area (Å²) in [7, 11) is -3.40. The van der Waals surface area contributed by atoms with Crippen molar-refractivity contribution >= 4 is 16.2 Å². The van der Waals surface area contributed by atoms with Crippen molar-refractivity contribution in [2.75, 3.05) is 19.3 Å². The number of amides is 1. The van der Waals surface area contributed by atoms with Crippen LogP contribution in [0.2, 0.25) is 0 Å². The molecule has 2 rings (SSSR count). The summed E-state index contributed by atoms with van der Waals surface area (Å²) in [5.74, 6) is 0. The minimum Gasteiger partial charge on any atom is -0.444 e. The Hall–Kier alpha value is -0.820. The quantitative estimate of drug-likeness (QED) is 0.727. The maximum absolute atomic E-state index is 11.9. The summed E-state index contributed by atoms with van der Waals surface area (Å²) in [6, 6.07) is 0. The summed E-state index contributed by atoms with van der Waals surface area (Å²) >= 11 is 0. The van der Waals surface area contributed by atoms with Crippen molar-refractivity contribution in [1.82, 2.24) is 4.90 Å². The Morgan fingerprint density at radius 3 is 2.40 bits per heavy atom. The molecule has 0 N–H and O–H groups in total. The third-order valence-electron chi connectivity index (χ3n) is 3.67. The highest BCUT2D eigenvalue weighted by atomic mass is 32.2. The van der Waals surface area contributed by atoms with Crippen molar-refractivity contribution < 1.29 is 22.1 Å². The lowest BCUT2D eigenvalue weighted by atomic mass is 9.78. The van der Waals surface area contributed by atoms with Crippen LogP contribution in [0, 0.1) is 5.41 Å². The van der Waals surface area contributed by atoms with E-state index in [0.717, 1.165) is 19.1 Å². The summed E-state index contributed by atoms with van der Waals surface area (Å²) < 4.78 is 32.6. The van der Waals surface area contributed by atoms with Crippen LogP contribution in [0.1, 0.15) is 40.0 Å². The SMILES string of the molecule is CC(C)(C)OC(=O)N1CC2(CC[C@H](OS(C)(=O)=O)C2)C1. The lowest BCUT2D eigenvalue weighted by Gasteiger charge is -2.48. The number of nitrogens with zero attached hydrogens (tertiary/aromatic N) is 1. The van der Waals surface area contributed by atoms with Crippen LogP contribution in [0.3, 0.4) is 0 Å². The van der Waals surface area contributed by atoms with Crippen molar-refractivity contribution in [2.24, 2.45) is 5.41 Å². The summed E-state index contributed by atoms with van der Waals surface area (Å²) in [6.07, 6.45) is 2.86. The van der Waals surface area contributed by atoms with E-state index in [1.165, 1.54) is 0 Å². The summed E-state index contributed by atoms with van der Waals surface area (Å²) in [5, 5.41) is 0. The number of ether oxygens (including phenoxy) is 1. The van der Waals surface area contributed by atoms with Gasteiger partial charge in [0.15, 0.2) is 0 Å². The van der Waals surface area contributed by atoms with Crippen LogP contribution in [0.25, 0.3) is 0 Å². The van der Waals surface area contributed by atoms with Crippen LogP contribution in [0.4, 0.5) is 4.79 Å². The van der Waals surface area contributed by atoms with Crippen molar-refractivity contribution in [2.45, 2.75) is 51.7 Å². The molecule has 1 aliphatic carbocycles. The van der Waals surface area contributed by atoms with Gasteiger partial charge in [-0.1, -0.05) is 0 Å². The molecule has 1 saturated carbocycles. The number of hydrogen-bond acceptors (Lipinski definition) is 5. The van der Waals surface area contributed by atoms with Gasteiger partial charge in [0.05, 0.1) is 12.4 Å². The van der Waals surface area contributed by atoms with E-state index in [1.807, 2.05) is 20.8 Å². The minimum atomic E-state index is -3.40. The van der Waals surface area contributed by atoms with Crippen molar-refractivity contribution in [3.05, 3.63) is 0 Å². The topological polar surface area (TPSA) is 72.9 Å². The molecule has 1 atom stereocenters. The Morgan fingerprint density at radius 1 is 1.30 bits per heavy atom.